The Kier molecular flexibility index (Phi) is 3.39. The molecular formula is C9H12N2O3. The highest BCUT2D eigenvalue weighted by atomic mass is 16.5. The summed E-state index contributed by atoms with van der Waals surface area (Å²) >= 11 is 0. The van der Waals surface area contributed by atoms with Gasteiger partial charge < -0.3 is 4.74 Å². The van der Waals surface area contributed by atoms with Gasteiger partial charge in [0.05, 0.1) is 25.6 Å². The Morgan fingerprint density at radius 1 is 1.64 bits per heavy atom. The molecular weight excluding hydrogens is 184 g/mol. The van der Waals surface area contributed by atoms with Crippen molar-refractivity contribution in [2.75, 3.05) is 7.11 Å². The third-order valence-corrected chi connectivity index (χ3v) is 1.83. The molecule has 5 heteroatoms. The maximum Gasteiger partial charge on any atom is 0.311 e. The first-order chi connectivity index (χ1) is 6.67. The number of rotatable bonds is 3. The zero-order chi connectivity index (χ0) is 10.6. The number of methoxy groups -OCH3 is 1. The van der Waals surface area contributed by atoms with Crippen LogP contribution in [0, 0.1) is 0 Å². The fraction of sp³-hybridized carbons (Fsp3) is 0.444. The van der Waals surface area contributed by atoms with Gasteiger partial charge in [-0.2, -0.15) is 0 Å². The molecule has 1 aromatic heterocycles. The minimum atomic E-state index is -0.397. The predicted octanol–water partition coefficient (Wildman–Crippen LogP) is -0.0213. The van der Waals surface area contributed by atoms with E-state index in [-0.39, 0.29) is 12.0 Å². The second kappa shape index (κ2) is 4.55. The second-order valence-electron chi connectivity index (χ2n) is 2.76. The molecule has 0 atom stereocenters. The van der Waals surface area contributed by atoms with Gasteiger partial charge >= 0.3 is 5.97 Å². The van der Waals surface area contributed by atoms with E-state index in [0.717, 1.165) is 0 Å². The van der Waals surface area contributed by atoms with Gasteiger partial charge in [-0.05, 0) is 6.92 Å². The molecule has 0 fully saturated rings. The molecule has 76 valence electrons. The largest absolute Gasteiger partial charge is 0.469 e. The third kappa shape index (κ3) is 2.42. The Balaban J connectivity index is 2.87. The lowest BCUT2D eigenvalue weighted by Crippen LogP contribution is -2.20. The van der Waals surface area contributed by atoms with Gasteiger partial charge in [0, 0.05) is 12.6 Å². The highest BCUT2D eigenvalue weighted by Gasteiger charge is 2.05. The molecule has 0 spiro atoms. The van der Waals surface area contributed by atoms with Gasteiger partial charge in [0.1, 0.15) is 0 Å². The lowest BCUT2D eigenvalue weighted by atomic mass is 10.3. The van der Waals surface area contributed by atoms with E-state index in [1.54, 1.807) is 0 Å². The van der Waals surface area contributed by atoms with Crippen molar-refractivity contribution in [1.82, 2.24) is 9.55 Å². The molecule has 1 heterocycles. The summed E-state index contributed by atoms with van der Waals surface area (Å²) in [6.07, 6.45) is 1.47. The van der Waals surface area contributed by atoms with Crippen molar-refractivity contribution in [3.05, 3.63) is 28.4 Å². The van der Waals surface area contributed by atoms with Gasteiger partial charge in [-0.15, -0.1) is 0 Å². The third-order valence-electron chi connectivity index (χ3n) is 1.83. The van der Waals surface area contributed by atoms with Crippen LogP contribution in [0.25, 0.3) is 0 Å². The Bertz CT molecular complexity index is 384. The molecule has 0 aliphatic rings. The van der Waals surface area contributed by atoms with Gasteiger partial charge in [-0.1, -0.05) is 0 Å². The zero-order valence-electron chi connectivity index (χ0n) is 8.19. The summed E-state index contributed by atoms with van der Waals surface area (Å²) in [6, 6.07) is 1.35. The lowest BCUT2D eigenvalue weighted by molar-refractivity contribution is -0.139. The van der Waals surface area contributed by atoms with Gasteiger partial charge in [0.15, 0.2) is 0 Å². The average molecular weight is 196 g/mol. The molecule has 0 amide bonds. The quantitative estimate of drug-likeness (QED) is 0.637. The molecule has 0 saturated carbocycles. The van der Waals surface area contributed by atoms with Crippen LogP contribution in [0.3, 0.4) is 0 Å². The number of hydrogen-bond acceptors (Lipinski definition) is 4. The van der Waals surface area contributed by atoms with Crippen LogP contribution in [0.15, 0.2) is 17.2 Å². The highest BCUT2D eigenvalue weighted by Crippen LogP contribution is 1.92. The maximum absolute atomic E-state index is 11.3. The van der Waals surface area contributed by atoms with Crippen LogP contribution in [-0.2, 0) is 22.5 Å². The van der Waals surface area contributed by atoms with Crippen molar-refractivity contribution in [3.63, 3.8) is 0 Å². The summed E-state index contributed by atoms with van der Waals surface area (Å²) in [5, 5.41) is 0. The molecule has 1 rings (SSSR count). The van der Waals surface area contributed by atoms with Crippen molar-refractivity contribution in [3.8, 4) is 0 Å². The molecule has 0 aromatic carbocycles. The van der Waals surface area contributed by atoms with Crippen molar-refractivity contribution in [2.45, 2.75) is 19.9 Å². The first-order valence-corrected chi connectivity index (χ1v) is 4.29. The number of carbonyl (C=O) groups excluding carboxylic acids is 1. The van der Waals surface area contributed by atoms with Crippen LogP contribution >= 0.6 is 0 Å². The van der Waals surface area contributed by atoms with Gasteiger partial charge in [-0.3, -0.25) is 14.2 Å². The lowest BCUT2D eigenvalue weighted by Gasteiger charge is -2.02. The number of nitrogens with zero attached hydrogens (tertiary/aromatic N) is 2. The zero-order valence-corrected chi connectivity index (χ0v) is 8.19. The molecule has 5 nitrogen and oxygen atoms in total. The number of aryl methyl sites for hydroxylation is 1. The van der Waals surface area contributed by atoms with Crippen LogP contribution in [0.1, 0.15) is 12.6 Å². The van der Waals surface area contributed by atoms with Crippen molar-refractivity contribution in [2.24, 2.45) is 0 Å². The van der Waals surface area contributed by atoms with Crippen LogP contribution in [0.2, 0.25) is 0 Å². The van der Waals surface area contributed by atoms with Crippen LogP contribution in [0.4, 0.5) is 0 Å². The number of aromatic nitrogens is 2. The highest BCUT2D eigenvalue weighted by molar-refractivity contribution is 5.71. The molecule has 0 unspecified atom stereocenters. The van der Waals surface area contributed by atoms with Gasteiger partial charge in [-0.25, -0.2) is 4.98 Å². The van der Waals surface area contributed by atoms with E-state index >= 15 is 0 Å². The minimum Gasteiger partial charge on any atom is -0.469 e. The fourth-order valence-corrected chi connectivity index (χ4v) is 1.02. The Labute approximate surface area is 81.3 Å². The maximum atomic E-state index is 11.3. The molecule has 0 bridgehead atoms. The van der Waals surface area contributed by atoms with Crippen molar-refractivity contribution < 1.29 is 9.53 Å². The summed E-state index contributed by atoms with van der Waals surface area (Å²) in [4.78, 5) is 26.1. The molecule has 0 radical (unpaired) electrons. The van der Waals surface area contributed by atoms with E-state index in [9.17, 15) is 9.59 Å². The predicted molar refractivity (Wildman–Crippen MR) is 49.9 cm³/mol. The molecule has 0 aliphatic heterocycles. The van der Waals surface area contributed by atoms with E-state index in [0.29, 0.717) is 12.2 Å². The fourth-order valence-electron chi connectivity index (χ4n) is 1.02. The molecule has 14 heavy (non-hydrogen) atoms. The standard InChI is InChI=1S/C9H12N2O3/c1-3-11-6-10-7(4-8(11)12)5-9(13)14-2/h4,6H,3,5H2,1-2H3. The Morgan fingerprint density at radius 2 is 2.36 bits per heavy atom. The average Bonchev–Trinajstić information content (AvgIpc) is 2.18. The van der Waals surface area contributed by atoms with Gasteiger partial charge in [0.25, 0.3) is 5.56 Å². The SMILES string of the molecule is CCn1cnc(CC(=O)OC)cc1=O. The van der Waals surface area contributed by atoms with E-state index in [4.69, 9.17) is 0 Å². The summed E-state index contributed by atoms with van der Waals surface area (Å²) in [5.74, 6) is -0.397. The van der Waals surface area contributed by atoms with E-state index < -0.39 is 5.97 Å². The normalized spacial score (nSPS) is 9.86. The Hall–Kier alpha value is -1.65. The monoisotopic (exact) mass is 196 g/mol. The van der Waals surface area contributed by atoms with E-state index in [1.807, 2.05) is 6.92 Å². The number of ether oxygens (including phenoxy) is 1. The van der Waals surface area contributed by atoms with Gasteiger partial charge in [0.2, 0.25) is 0 Å². The summed E-state index contributed by atoms with van der Waals surface area (Å²) in [6.45, 7) is 2.42. The van der Waals surface area contributed by atoms with Crippen LogP contribution in [-0.4, -0.2) is 22.6 Å². The second-order valence-corrected chi connectivity index (χ2v) is 2.76. The smallest absolute Gasteiger partial charge is 0.311 e. The number of carbonyl (C=O) groups is 1. The summed E-state index contributed by atoms with van der Waals surface area (Å²) in [7, 11) is 1.30. The van der Waals surface area contributed by atoms with Crippen molar-refractivity contribution in [1.29, 1.82) is 0 Å². The first-order valence-electron chi connectivity index (χ1n) is 4.29. The molecule has 1 aromatic rings. The molecule has 0 N–H and O–H groups in total. The summed E-state index contributed by atoms with van der Waals surface area (Å²) in [5.41, 5.74) is 0.285. The molecule has 0 aliphatic carbocycles. The minimum absolute atomic E-state index is 0.0380. The van der Waals surface area contributed by atoms with Crippen molar-refractivity contribution >= 4 is 5.97 Å². The van der Waals surface area contributed by atoms with E-state index in [2.05, 4.69) is 9.72 Å². The topological polar surface area (TPSA) is 61.2 Å². The van der Waals surface area contributed by atoms with E-state index in [1.165, 1.54) is 24.1 Å². The Morgan fingerprint density at radius 3 is 2.86 bits per heavy atom. The number of esters is 1. The first kappa shape index (κ1) is 10.4. The molecule has 0 saturated heterocycles. The van der Waals surface area contributed by atoms with Crippen LogP contribution < -0.4 is 5.56 Å². The van der Waals surface area contributed by atoms with Crippen LogP contribution in [0.5, 0.6) is 0 Å². The number of hydrogen-bond donors (Lipinski definition) is 0. The summed E-state index contributed by atoms with van der Waals surface area (Å²) < 4.78 is 5.92.